The van der Waals surface area contributed by atoms with Gasteiger partial charge in [-0.2, -0.15) is 0 Å². The van der Waals surface area contributed by atoms with Crippen LogP contribution >= 0.6 is 0 Å². The molecule has 5 nitrogen and oxygen atoms in total. The normalized spacial score (nSPS) is 20.3. The average molecular weight is 291 g/mol. The zero-order chi connectivity index (χ0) is 15.6. The minimum absolute atomic E-state index is 0.0903. The van der Waals surface area contributed by atoms with Gasteiger partial charge in [0.1, 0.15) is 5.82 Å². The van der Waals surface area contributed by atoms with E-state index in [1.807, 2.05) is 13.0 Å². The molecule has 1 amide bonds. The van der Waals surface area contributed by atoms with E-state index in [1.54, 1.807) is 6.07 Å². The van der Waals surface area contributed by atoms with Crippen LogP contribution in [0.15, 0.2) is 12.1 Å². The van der Waals surface area contributed by atoms with Crippen molar-refractivity contribution in [2.45, 2.75) is 45.6 Å². The van der Waals surface area contributed by atoms with Crippen molar-refractivity contribution in [3.05, 3.63) is 23.4 Å². The summed E-state index contributed by atoms with van der Waals surface area (Å²) in [5, 5.41) is 3.04. The van der Waals surface area contributed by atoms with E-state index in [4.69, 9.17) is 10.5 Å². The number of aromatic nitrogens is 1. The van der Waals surface area contributed by atoms with Crippen LogP contribution in [0.2, 0.25) is 0 Å². The van der Waals surface area contributed by atoms with Crippen LogP contribution in [-0.2, 0) is 10.2 Å². The largest absolute Gasteiger partial charge is 0.384 e. The third-order valence-electron chi connectivity index (χ3n) is 3.91. The lowest BCUT2D eigenvalue weighted by Gasteiger charge is -2.21. The number of nitrogens with zero attached hydrogens (tertiary/aromatic N) is 1. The van der Waals surface area contributed by atoms with Gasteiger partial charge in [0, 0.05) is 35.2 Å². The Morgan fingerprint density at radius 2 is 2.19 bits per heavy atom. The molecule has 1 fully saturated rings. The predicted molar refractivity (Wildman–Crippen MR) is 83.2 cm³/mol. The summed E-state index contributed by atoms with van der Waals surface area (Å²) in [5.41, 5.74) is 7.08. The summed E-state index contributed by atoms with van der Waals surface area (Å²) in [4.78, 5) is 16.7. The van der Waals surface area contributed by atoms with E-state index in [2.05, 4.69) is 31.1 Å². The SMILES string of the molecule is CC(NC(=O)c1cc(N)nc(C(C)(C)C)c1)C1CCOC1. The van der Waals surface area contributed by atoms with E-state index < -0.39 is 0 Å². The van der Waals surface area contributed by atoms with Gasteiger partial charge in [-0.15, -0.1) is 0 Å². The summed E-state index contributed by atoms with van der Waals surface area (Å²) < 4.78 is 5.37. The van der Waals surface area contributed by atoms with Crippen molar-refractivity contribution < 1.29 is 9.53 Å². The molecule has 1 aliphatic rings. The number of amides is 1. The molecule has 3 N–H and O–H groups in total. The second-order valence-electron chi connectivity index (χ2n) is 6.80. The monoisotopic (exact) mass is 291 g/mol. The van der Waals surface area contributed by atoms with Crippen molar-refractivity contribution in [3.8, 4) is 0 Å². The molecule has 0 spiro atoms. The zero-order valence-electron chi connectivity index (χ0n) is 13.3. The summed E-state index contributed by atoms with van der Waals surface area (Å²) >= 11 is 0. The van der Waals surface area contributed by atoms with Gasteiger partial charge in [0.2, 0.25) is 0 Å². The number of carbonyl (C=O) groups is 1. The van der Waals surface area contributed by atoms with Crippen LogP contribution in [0.25, 0.3) is 0 Å². The first-order chi connectivity index (χ1) is 9.77. The number of rotatable bonds is 3. The first-order valence-electron chi connectivity index (χ1n) is 7.44. The highest BCUT2D eigenvalue weighted by molar-refractivity contribution is 5.95. The molecule has 0 aliphatic carbocycles. The second kappa shape index (κ2) is 6.02. The van der Waals surface area contributed by atoms with Crippen molar-refractivity contribution in [3.63, 3.8) is 0 Å². The first kappa shape index (κ1) is 15.8. The lowest BCUT2D eigenvalue weighted by atomic mass is 9.90. The Balaban J connectivity index is 2.13. The standard InChI is InChI=1S/C16H25N3O2/c1-10(11-5-6-21-9-11)18-15(20)12-7-13(16(2,3)4)19-14(17)8-12/h7-8,10-11H,5-6,9H2,1-4H3,(H2,17,19)(H,18,20). The van der Waals surface area contributed by atoms with Gasteiger partial charge in [0.15, 0.2) is 0 Å². The van der Waals surface area contributed by atoms with E-state index in [9.17, 15) is 4.79 Å². The minimum Gasteiger partial charge on any atom is -0.384 e. The summed E-state index contributed by atoms with van der Waals surface area (Å²) in [6.07, 6.45) is 0.993. The number of ether oxygens (including phenoxy) is 1. The summed E-state index contributed by atoms with van der Waals surface area (Å²) in [6.45, 7) is 9.67. The predicted octanol–water partition coefficient (Wildman–Crippen LogP) is 2.12. The molecule has 2 unspecified atom stereocenters. The maximum Gasteiger partial charge on any atom is 0.251 e. The highest BCUT2D eigenvalue weighted by Gasteiger charge is 2.25. The molecule has 1 aromatic heterocycles. The maximum absolute atomic E-state index is 12.4. The topological polar surface area (TPSA) is 77.2 Å². The van der Waals surface area contributed by atoms with Gasteiger partial charge >= 0.3 is 0 Å². The Kier molecular flexibility index (Phi) is 4.52. The number of hydrogen-bond donors (Lipinski definition) is 2. The summed E-state index contributed by atoms with van der Waals surface area (Å²) in [5.74, 6) is 0.661. The van der Waals surface area contributed by atoms with Crippen LogP contribution in [0, 0.1) is 5.92 Å². The zero-order valence-corrected chi connectivity index (χ0v) is 13.3. The molecule has 2 rings (SSSR count). The number of nitrogens with one attached hydrogen (secondary N) is 1. The Morgan fingerprint density at radius 3 is 2.76 bits per heavy atom. The van der Waals surface area contributed by atoms with Gasteiger partial charge in [-0.25, -0.2) is 4.98 Å². The fourth-order valence-electron chi connectivity index (χ4n) is 2.42. The molecule has 2 atom stereocenters. The highest BCUT2D eigenvalue weighted by atomic mass is 16.5. The maximum atomic E-state index is 12.4. The van der Waals surface area contributed by atoms with Crippen molar-refractivity contribution in [2.24, 2.45) is 5.92 Å². The van der Waals surface area contributed by atoms with Gasteiger partial charge in [-0.05, 0) is 25.5 Å². The van der Waals surface area contributed by atoms with Crippen molar-refractivity contribution >= 4 is 11.7 Å². The molecule has 1 aromatic rings. The quantitative estimate of drug-likeness (QED) is 0.894. The van der Waals surface area contributed by atoms with Gasteiger partial charge in [-0.1, -0.05) is 20.8 Å². The molecule has 1 saturated heterocycles. The average Bonchev–Trinajstić information content (AvgIpc) is 2.90. The third-order valence-corrected chi connectivity index (χ3v) is 3.91. The molecule has 0 bridgehead atoms. The smallest absolute Gasteiger partial charge is 0.251 e. The molecule has 0 radical (unpaired) electrons. The van der Waals surface area contributed by atoms with Gasteiger partial charge in [-0.3, -0.25) is 4.79 Å². The van der Waals surface area contributed by atoms with E-state index in [0.29, 0.717) is 23.9 Å². The Labute approximate surface area is 126 Å². The molecule has 116 valence electrons. The Bertz CT molecular complexity index is 517. The molecular weight excluding hydrogens is 266 g/mol. The number of carbonyl (C=O) groups excluding carboxylic acids is 1. The lowest BCUT2D eigenvalue weighted by molar-refractivity contribution is 0.0922. The fraction of sp³-hybridized carbons (Fsp3) is 0.625. The van der Waals surface area contributed by atoms with Crippen molar-refractivity contribution in [1.82, 2.24) is 10.3 Å². The van der Waals surface area contributed by atoms with Gasteiger partial charge < -0.3 is 15.8 Å². The number of pyridine rings is 1. The summed E-state index contributed by atoms with van der Waals surface area (Å²) in [7, 11) is 0. The van der Waals surface area contributed by atoms with E-state index in [1.165, 1.54) is 0 Å². The molecule has 1 aliphatic heterocycles. The van der Waals surface area contributed by atoms with Crippen LogP contribution < -0.4 is 11.1 Å². The van der Waals surface area contributed by atoms with Crippen molar-refractivity contribution in [2.75, 3.05) is 18.9 Å². The van der Waals surface area contributed by atoms with Crippen LogP contribution in [-0.4, -0.2) is 30.1 Å². The molecule has 0 saturated carbocycles. The number of nitrogen functional groups attached to an aromatic ring is 1. The second-order valence-corrected chi connectivity index (χ2v) is 6.80. The first-order valence-corrected chi connectivity index (χ1v) is 7.44. The number of nitrogens with two attached hydrogens (primary N) is 1. The van der Waals surface area contributed by atoms with Gasteiger partial charge in [0.05, 0.1) is 6.61 Å². The van der Waals surface area contributed by atoms with Crippen LogP contribution in [0.4, 0.5) is 5.82 Å². The summed E-state index contributed by atoms with van der Waals surface area (Å²) in [6, 6.07) is 3.54. The molecule has 5 heteroatoms. The molecule has 21 heavy (non-hydrogen) atoms. The Hall–Kier alpha value is -1.62. The third kappa shape index (κ3) is 3.94. The van der Waals surface area contributed by atoms with Crippen LogP contribution in [0.5, 0.6) is 0 Å². The van der Waals surface area contributed by atoms with Crippen LogP contribution in [0.3, 0.4) is 0 Å². The fourth-order valence-corrected chi connectivity index (χ4v) is 2.42. The van der Waals surface area contributed by atoms with Crippen LogP contribution in [0.1, 0.15) is 50.2 Å². The van der Waals surface area contributed by atoms with Gasteiger partial charge in [0.25, 0.3) is 5.91 Å². The number of anilines is 1. The molecule has 0 aromatic carbocycles. The van der Waals surface area contributed by atoms with E-state index in [0.717, 1.165) is 18.7 Å². The van der Waals surface area contributed by atoms with E-state index >= 15 is 0 Å². The highest BCUT2D eigenvalue weighted by Crippen LogP contribution is 2.23. The molecular formula is C16H25N3O2. The Morgan fingerprint density at radius 1 is 1.48 bits per heavy atom. The molecule has 2 heterocycles. The lowest BCUT2D eigenvalue weighted by Crippen LogP contribution is -2.38. The number of hydrogen-bond acceptors (Lipinski definition) is 4. The van der Waals surface area contributed by atoms with Crippen molar-refractivity contribution in [1.29, 1.82) is 0 Å². The van der Waals surface area contributed by atoms with E-state index in [-0.39, 0.29) is 17.4 Å². The minimum atomic E-state index is -0.144.